The molecule has 0 amide bonds. The van der Waals surface area contributed by atoms with Crippen LogP contribution in [0.2, 0.25) is 5.02 Å². The molecule has 0 aliphatic carbocycles. The average Bonchev–Trinajstić information content (AvgIpc) is 3.25. The number of halogens is 8. The molecular formula is C29H15ClF7N3. The van der Waals surface area contributed by atoms with Crippen LogP contribution < -0.4 is 5.73 Å². The van der Waals surface area contributed by atoms with Gasteiger partial charge in [-0.25, -0.2) is 17.6 Å². The average molecular weight is 574 g/mol. The predicted molar refractivity (Wildman–Crippen MR) is 137 cm³/mol. The largest absolute Gasteiger partial charge is 0.418 e. The molecule has 0 radical (unpaired) electrons. The van der Waals surface area contributed by atoms with E-state index in [9.17, 15) is 30.7 Å². The maximum absolute atomic E-state index is 14.5. The molecule has 0 spiro atoms. The van der Waals surface area contributed by atoms with Gasteiger partial charge in [0.15, 0.2) is 0 Å². The minimum absolute atomic E-state index is 0.0593. The molecule has 4 aromatic carbocycles. The van der Waals surface area contributed by atoms with Gasteiger partial charge in [0, 0.05) is 39.2 Å². The van der Waals surface area contributed by atoms with Gasteiger partial charge in [0.1, 0.15) is 28.8 Å². The highest BCUT2D eigenvalue weighted by Crippen LogP contribution is 2.38. The van der Waals surface area contributed by atoms with Crippen LogP contribution in [0.25, 0.3) is 22.2 Å². The molecule has 0 fully saturated rings. The van der Waals surface area contributed by atoms with Crippen LogP contribution >= 0.6 is 11.6 Å². The van der Waals surface area contributed by atoms with E-state index in [0.717, 1.165) is 16.8 Å². The summed E-state index contributed by atoms with van der Waals surface area (Å²) in [4.78, 5) is 0. The Morgan fingerprint density at radius 3 is 2.25 bits per heavy atom. The SMILES string of the molecule is Nc1c(F)cc(Cl)cc1C#Cc1cccc(-c2c3cccc(C(F)(F)F)c3nn2Cc2c(F)cc(F)cc2F)c1. The molecule has 1 heterocycles. The first-order chi connectivity index (χ1) is 18.9. The van der Waals surface area contributed by atoms with Gasteiger partial charge in [0.2, 0.25) is 0 Å². The van der Waals surface area contributed by atoms with E-state index in [1.165, 1.54) is 24.3 Å². The minimum Gasteiger partial charge on any atom is -0.395 e. The first kappa shape index (κ1) is 27.1. The lowest BCUT2D eigenvalue weighted by Gasteiger charge is -2.11. The number of benzene rings is 4. The highest BCUT2D eigenvalue weighted by atomic mass is 35.5. The molecule has 5 rings (SSSR count). The van der Waals surface area contributed by atoms with Gasteiger partial charge in [-0.15, -0.1) is 0 Å². The number of rotatable bonds is 3. The Hall–Kier alpha value is -4.49. The number of fused-ring (bicyclic) bond motifs is 1. The molecule has 0 saturated carbocycles. The number of anilines is 1. The Morgan fingerprint density at radius 2 is 1.55 bits per heavy atom. The summed E-state index contributed by atoms with van der Waals surface area (Å²) in [5.74, 6) is 1.20. The van der Waals surface area contributed by atoms with E-state index >= 15 is 0 Å². The fourth-order valence-corrected chi connectivity index (χ4v) is 4.45. The maximum atomic E-state index is 14.5. The van der Waals surface area contributed by atoms with Crippen LogP contribution in [-0.4, -0.2) is 9.78 Å². The topological polar surface area (TPSA) is 43.8 Å². The molecule has 0 aliphatic heterocycles. The first-order valence-electron chi connectivity index (χ1n) is 11.5. The summed E-state index contributed by atoms with van der Waals surface area (Å²) in [6, 6.07) is 13.0. The number of nitrogen functional groups attached to an aromatic ring is 1. The zero-order chi connectivity index (χ0) is 28.8. The lowest BCUT2D eigenvalue weighted by Crippen LogP contribution is -2.09. The Bertz CT molecular complexity index is 1830. The summed E-state index contributed by atoms with van der Waals surface area (Å²) in [6.45, 7) is -0.631. The van der Waals surface area contributed by atoms with Crippen molar-refractivity contribution < 1.29 is 30.7 Å². The van der Waals surface area contributed by atoms with Crippen LogP contribution in [0.4, 0.5) is 36.4 Å². The number of hydrogen-bond acceptors (Lipinski definition) is 2. The molecule has 0 bridgehead atoms. The molecule has 5 aromatic rings. The summed E-state index contributed by atoms with van der Waals surface area (Å²) in [5, 5.41) is 4.21. The van der Waals surface area contributed by atoms with Crippen molar-refractivity contribution >= 4 is 28.2 Å². The van der Waals surface area contributed by atoms with E-state index in [2.05, 4.69) is 16.9 Å². The standard InChI is InChI=1S/C29H15ClF7N3/c30-18-10-16(26(38)25(34)11-18)8-7-15-3-1-4-17(9-15)28-20-5-2-6-22(29(35,36)37)27(20)39-40(28)14-21-23(32)12-19(31)13-24(21)33/h1-6,9-13H,14,38H2. The van der Waals surface area contributed by atoms with Crippen molar-refractivity contribution in [2.75, 3.05) is 5.73 Å². The normalized spacial score (nSPS) is 11.5. The Kier molecular flexibility index (Phi) is 6.94. The third kappa shape index (κ3) is 5.20. The summed E-state index contributed by atoms with van der Waals surface area (Å²) >= 11 is 5.88. The second-order valence-electron chi connectivity index (χ2n) is 8.73. The number of hydrogen-bond donors (Lipinski definition) is 1. The summed E-state index contributed by atoms with van der Waals surface area (Å²) in [7, 11) is 0. The number of nitrogens with zero attached hydrogens (tertiary/aromatic N) is 2. The van der Waals surface area contributed by atoms with E-state index in [-0.39, 0.29) is 27.4 Å². The second kappa shape index (κ2) is 10.2. The number of aromatic nitrogens is 2. The fraction of sp³-hybridized carbons (Fsp3) is 0.0690. The van der Waals surface area contributed by atoms with Crippen molar-refractivity contribution in [3.8, 4) is 23.1 Å². The minimum atomic E-state index is -4.76. The van der Waals surface area contributed by atoms with Crippen molar-refractivity contribution in [3.05, 3.63) is 117 Å². The predicted octanol–water partition coefficient (Wildman–Crippen LogP) is 7.96. The highest BCUT2D eigenvalue weighted by molar-refractivity contribution is 6.30. The van der Waals surface area contributed by atoms with Gasteiger partial charge in [0.25, 0.3) is 0 Å². The lowest BCUT2D eigenvalue weighted by atomic mass is 10.0. The molecule has 1 aromatic heterocycles. The molecular weight excluding hydrogens is 559 g/mol. The molecule has 3 nitrogen and oxygen atoms in total. The van der Waals surface area contributed by atoms with Gasteiger partial charge in [-0.1, -0.05) is 47.7 Å². The maximum Gasteiger partial charge on any atom is 0.418 e. The summed E-state index contributed by atoms with van der Waals surface area (Å²) < 4.78 is 98.9. The van der Waals surface area contributed by atoms with E-state index in [1.54, 1.807) is 18.2 Å². The number of nitrogens with two attached hydrogens (primary N) is 1. The van der Waals surface area contributed by atoms with Crippen molar-refractivity contribution in [2.24, 2.45) is 0 Å². The van der Waals surface area contributed by atoms with Crippen LogP contribution in [0.1, 0.15) is 22.3 Å². The van der Waals surface area contributed by atoms with Crippen LogP contribution in [-0.2, 0) is 12.7 Å². The van der Waals surface area contributed by atoms with E-state index in [4.69, 9.17) is 17.3 Å². The third-order valence-corrected chi connectivity index (χ3v) is 6.28. The smallest absolute Gasteiger partial charge is 0.395 e. The van der Waals surface area contributed by atoms with Gasteiger partial charge in [-0.3, -0.25) is 4.68 Å². The van der Waals surface area contributed by atoms with Gasteiger partial charge >= 0.3 is 6.18 Å². The highest BCUT2D eigenvalue weighted by Gasteiger charge is 2.34. The Balaban J connectivity index is 1.69. The molecule has 0 saturated heterocycles. The van der Waals surface area contributed by atoms with E-state index < -0.39 is 52.6 Å². The van der Waals surface area contributed by atoms with E-state index in [0.29, 0.717) is 23.3 Å². The fourth-order valence-electron chi connectivity index (χ4n) is 4.24. The molecule has 0 unspecified atom stereocenters. The number of alkyl halides is 3. The molecule has 40 heavy (non-hydrogen) atoms. The zero-order valence-electron chi connectivity index (χ0n) is 20.1. The van der Waals surface area contributed by atoms with Crippen LogP contribution in [0.3, 0.4) is 0 Å². The van der Waals surface area contributed by atoms with Crippen LogP contribution in [0.5, 0.6) is 0 Å². The molecule has 2 N–H and O–H groups in total. The van der Waals surface area contributed by atoms with Crippen molar-refractivity contribution in [3.63, 3.8) is 0 Å². The summed E-state index contributed by atoms with van der Waals surface area (Å²) in [6.07, 6.45) is -4.76. The zero-order valence-corrected chi connectivity index (χ0v) is 20.8. The second-order valence-corrected chi connectivity index (χ2v) is 9.17. The first-order valence-corrected chi connectivity index (χ1v) is 11.9. The van der Waals surface area contributed by atoms with Crippen LogP contribution in [0, 0.1) is 35.1 Å². The molecule has 202 valence electrons. The van der Waals surface area contributed by atoms with Crippen molar-refractivity contribution in [1.82, 2.24) is 9.78 Å². The molecule has 0 aliphatic rings. The van der Waals surface area contributed by atoms with Gasteiger partial charge in [-0.2, -0.15) is 18.3 Å². The Morgan fingerprint density at radius 1 is 0.850 bits per heavy atom. The third-order valence-electron chi connectivity index (χ3n) is 6.06. The molecule has 0 atom stereocenters. The van der Waals surface area contributed by atoms with Gasteiger partial charge in [-0.05, 0) is 30.3 Å². The van der Waals surface area contributed by atoms with E-state index in [1.807, 2.05) is 0 Å². The lowest BCUT2D eigenvalue weighted by molar-refractivity contribution is -0.136. The summed E-state index contributed by atoms with van der Waals surface area (Å²) in [5.41, 5.74) is 4.39. The quantitative estimate of drug-likeness (QED) is 0.135. The Labute approximate surface area is 227 Å². The monoisotopic (exact) mass is 573 g/mol. The van der Waals surface area contributed by atoms with Crippen molar-refractivity contribution in [2.45, 2.75) is 12.7 Å². The van der Waals surface area contributed by atoms with Gasteiger partial charge in [0.05, 0.1) is 29.1 Å². The molecule has 11 heteroatoms. The van der Waals surface area contributed by atoms with Crippen LogP contribution in [0.15, 0.2) is 66.7 Å². The van der Waals surface area contributed by atoms with Crippen molar-refractivity contribution in [1.29, 1.82) is 0 Å². The van der Waals surface area contributed by atoms with Gasteiger partial charge < -0.3 is 5.73 Å².